The lowest BCUT2D eigenvalue weighted by Gasteiger charge is -2.13. The van der Waals surface area contributed by atoms with Crippen LogP contribution in [0.2, 0.25) is 0 Å². The van der Waals surface area contributed by atoms with Crippen molar-refractivity contribution >= 4 is 27.3 Å². The molecule has 0 saturated carbocycles. The lowest BCUT2D eigenvalue weighted by Crippen LogP contribution is -2.17. The molecule has 0 aliphatic rings. The number of nitrogens with one attached hydrogen (secondary N) is 2. The summed E-state index contributed by atoms with van der Waals surface area (Å²) in [5.41, 5.74) is 1.50. The van der Waals surface area contributed by atoms with Gasteiger partial charge in [-0.25, -0.2) is 8.42 Å². The number of hydrogen-bond acceptors (Lipinski definition) is 3. The van der Waals surface area contributed by atoms with Crippen LogP contribution in [0, 0.1) is 6.92 Å². The summed E-state index contributed by atoms with van der Waals surface area (Å²) in [5.74, 6) is -0.474. The van der Waals surface area contributed by atoms with E-state index < -0.39 is 15.9 Å². The third-order valence-electron chi connectivity index (χ3n) is 3.01. The Kier molecular flexibility index (Phi) is 4.62. The summed E-state index contributed by atoms with van der Waals surface area (Å²) in [5, 5.41) is 2.49. The Morgan fingerprint density at radius 2 is 1.64 bits per heavy atom. The van der Waals surface area contributed by atoms with Crippen LogP contribution in [0.4, 0.5) is 11.4 Å². The number of carbonyl (C=O) groups excluding carboxylic acids is 1. The number of para-hydroxylation sites is 2. The average Bonchev–Trinajstić information content (AvgIpc) is 2.49. The Hall–Kier alpha value is -2.60. The molecule has 2 aromatic rings. The Labute approximate surface area is 129 Å². The van der Waals surface area contributed by atoms with Gasteiger partial charge in [0.25, 0.3) is 10.0 Å². The highest BCUT2D eigenvalue weighted by molar-refractivity contribution is 7.92. The first-order valence-corrected chi connectivity index (χ1v) is 8.03. The summed E-state index contributed by atoms with van der Waals surface area (Å²) in [6.07, 6.45) is 1.08. The van der Waals surface area contributed by atoms with Crippen LogP contribution in [0.15, 0.2) is 66.1 Å². The van der Waals surface area contributed by atoms with Crippen molar-refractivity contribution in [1.29, 1.82) is 0 Å². The Morgan fingerprint density at radius 3 is 2.27 bits per heavy atom. The number of aryl methyl sites for hydroxylation is 1. The van der Waals surface area contributed by atoms with Crippen LogP contribution < -0.4 is 10.0 Å². The summed E-state index contributed by atoms with van der Waals surface area (Å²) in [4.78, 5) is 11.4. The highest BCUT2D eigenvalue weighted by atomic mass is 32.2. The minimum atomic E-state index is -3.82. The lowest BCUT2D eigenvalue weighted by atomic mass is 10.2. The molecule has 0 spiro atoms. The molecule has 2 rings (SSSR count). The van der Waals surface area contributed by atoms with Crippen LogP contribution >= 0.6 is 0 Å². The van der Waals surface area contributed by atoms with Gasteiger partial charge in [-0.2, -0.15) is 0 Å². The number of rotatable bonds is 5. The third-order valence-corrected chi connectivity index (χ3v) is 4.43. The van der Waals surface area contributed by atoms with Crippen LogP contribution in [0.25, 0.3) is 0 Å². The predicted octanol–water partition coefficient (Wildman–Crippen LogP) is 2.92. The zero-order valence-corrected chi connectivity index (χ0v) is 12.9. The molecular formula is C16H16N2O3S. The van der Waals surface area contributed by atoms with Crippen molar-refractivity contribution < 1.29 is 13.2 Å². The normalized spacial score (nSPS) is 10.8. The van der Waals surface area contributed by atoms with Crippen LogP contribution in [-0.4, -0.2) is 14.3 Å². The van der Waals surface area contributed by atoms with E-state index in [4.69, 9.17) is 0 Å². The standard InChI is InChI=1S/C16H16N2O3S/c1-3-16(19)17-14-10-6-7-11-15(14)22(20,21)18-13-9-5-4-8-12(13)2/h3-11,18H,1H2,2H3,(H,17,19). The summed E-state index contributed by atoms with van der Waals surface area (Å²) in [6.45, 7) is 5.16. The molecule has 2 aromatic carbocycles. The number of benzene rings is 2. The maximum atomic E-state index is 12.6. The highest BCUT2D eigenvalue weighted by Crippen LogP contribution is 2.24. The molecule has 0 bridgehead atoms. The predicted molar refractivity (Wildman–Crippen MR) is 87.3 cm³/mol. The van der Waals surface area contributed by atoms with Crippen LogP contribution in [-0.2, 0) is 14.8 Å². The fraction of sp³-hybridized carbons (Fsp3) is 0.0625. The van der Waals surface area contributed by atoms with Gasteiger partial charge in [0.2, 0.25) is 5.91 Å². The molecule has 0 saturated heterocycles. The van der Waals surface area contributed by atoms with Gasteiger partial charge in [0.15, 0.2) is 0 Å². The minimum absolute atomic E-state index is 0.00606. The number of amides is 1. The van der Waals surface area contributed by atoms with E-state index in [1.54, 1.807) is 24.3 Å². The first kappa shape index (κ1) is 15.8. The topological polar surface area (TPSA) is 75.3 Å². The van der Waals surface area contributed by atoms with E-state index >= 15 is 0 Å². The molecule has 0 unspecified atom stereocenters. The molecule has 5 nitrogen and oxygen atoms in total. The summed E-state index contributed by atoms with van der Waals surface area (Å²) >= 11 is 0. The fourth-order valence-electron chi connectivity index (χ4n) is 1.88. The van der Waals surface area contributed by atoms with Crippen molar-refractivity contribution in [2.75, 3.05) is 10.0 Å². The van der Waals surface area contributed by atoms with Crippen LogP contribution in [0.1, 0.15) is 5.56 Å². The number of anilines is 2. The summed E-state index contributed by atoms with van der Waals surface area (Å²) in [7, 11) is -3.82. The molecule has 0 fully saturated rings. The van der Waals surface area contributed by atoms with Crippen molar-refractivity contribution in [2.45, 2.75) is 11.8 Å². The van der Waals surface area contributed by atoms with E-state index in [2.05, 4.69) is 16.6 Å². The van der Waals surface area contributed by atoms with Crippen LogP contribution in [0.3, 0.4) is 0 Å². The zero-order valence-electron chi connectivity index (χ0n) is 12.0. The van der Waals surface area contributed by atoms with E-state index in [9.17, 15) is 13.2 Å². The van der Waals surface area contributed by atoms with Gasteiger partial charge >= 0.3 is 0 Å². The monoisotopic (exact) mass is 316 g/mol. The minimum Gasteiger partial charge on any atom is -0.321 e. The molecule has 0 aliphatic carbocycles. The molecule has 0 aromatic heterocycles. The molecule has 114 valence electrons. The summed E-state index contributed by atoms with van der Waals surface area (Å²) < 4.78 is 27.6. The molecule has 6 heteroatoms. The van der Waals surface area contributed by atoms with Gasteiger partial charge in [-0.3, -0.25) is 9.52 Å². The smallest absolute Gasteiger partial charge is 0.263 e. The SMILES string of the molecule is C=CC(=O)Nc1ccccc1S(=O)(=O)Nc1ccccc1C. The quantitative estimate of drug-likeness (QED) is 0.833. The molecule has 0 radical (unpaired) electrons. The van der Waals surface area contributed by atoms with Crippen molar-refractivity contribution in [3.63, 3.8) is 0 Å². The van der Waals surface area contributed by atoms with Gasteiger partial charge in [-0.15, -0.1) is 0 Å². The number of sulfonamides is 1. The highest BCUT2D eigenvalue weighted by Gasteiger charge is 2.19. The molecular weight excluding hydrogens is 300 g/mol. The largest absolute Gasteiger partial charge is 0.321 e. The second-order valence-electron chi connectivity index (χ2n) is 4.61. The molecule has 22 heavy (non-hydrogen) atoms. The van der Waals surface area contributed by atoms with Crippen LogP contribution in [0.5, 0.6) is 0 Å². The number of hydrogen-bond donors (Lipinski definition) is 2. The zero-order chi connectivity index (χ0) is 16.2. The van der Waals surface area contributed by atoms with Gasteiger partial charge < -0.3 is 5.32 Å². The molecule has 0 heterocycles. The second-order valence-corrected chi connectivity index (χ2v) is 6.26. The Morgan fingerprint density at radius 1 is 1.05 bits per heavy atom. The van der Waals surface area contributed by atoms with Gasteiger partial charge in [0.05, 0.1) is 11.4 Å². The van der Waals surface area contributed by atoms with Gasteiger partial charge in [-0.1, -0.05) is 36.9 Å². The van der Waals surface area contributed by atoms with Crippen molar-refractivity contribution in [2.24, 2.45) is 0 Å². The first-order chi connectivity index (χ1) is 10.4. The molecule has 0 aliphatic heterocycles. The first-order valence-electron chi connectivity index (χ1n) is 6.55. The Balaban J connectivity index is 2.40. The van der Waals surface area contributed by atoms with Gasteiger partial charge in [0.1, 0.15) is 4.90 Å². The lowest BCUT2D eigenvalue weighted by molar-refractivity contribution is -0.111. The average molecular weight is 316 g/mol. The second kappa shape index (κ2) is 6.44. The molecule has 2 N–H and O–H groups in total. The Bertz CT molecular complexity index is 814. The maximum absolute atomic E-state index is 12.6. The van der Waals surface area contributed by atoms with E-state index in [1.807, 2.05) is 19.1 Å². The summed E-state index contributed by atoms with van der Waals surface area (Å²) in [6, 6.07) is 13.2. The molecule has 1 amide bonds. The van der Waals surface area contributed by atoms with Gasteiger partial charge in [0, 0.05) is 0 Å². The van der Waals surface area contributed by atoms with E-state index in [-0.39, 0.29) is 10.6 Å². The van der Waals surface area contributed by atoms with Gasteiger partial charge in [-0.05, 0) is 36.8 Å². The number of carbonyl (C=O) groups is 1. The van der Waals surface area contributed by atoms with Crippen molar-refractivity contribution in [1.82, 2.24) is 0 Å². The maximum Gasteiger partial charge on any atom is 0.263 e. The fourth-order valence-corrected chi connectivity index (χ4v) is 3.17. The third kappa shape index (κ3) is 3.53. The van der Waals surface area contributed by atoms with E-state index in [1.165, 1.54) is 12.1 Å². The van der Waals surface area contributed by atoms with E-state index in [0.29, 0.717) is 5.69 Å². The van der Waals surface area contributed by atoms with E-state index in [0.717, 1.165) is 11.6 Å². The molecule has 0 atom stereocenters. The van der Waals surface area contributed by atoms with Crippen molar-refractivity contribution in [3.8, 4) is 0 Å². The van der Waals surface area contributed by atoms with Crippen molar-refractivity contribution in [3.05, 3.63) is 66.7 Å².